The Morgan fingerprint density at radius 2 is 1.39 bits per heavy atom. The second-order valence-electron chi connectivity index (χ2n) is 9.23. The molecule has 0 amide bonds. The third kappa shape index (κ3) is 7.47. The lowest BCUT2D eigenvalue weighted by molar-refractivity contribution is -1.12. The van der Waals surface area contributed by atoms with Crippen LogP contribution in [-0.4, -0.2) is 25.3 Å². The van der Waals surface area contributed by atoms with Crippen LogP contribution in [0.4, 0.5) is 0 Å². The van der Waals surface area contributed by atoms with Gasteiger partial charge in [-0.15, -0.1) is 0 Å². The van der Waals surface area contributed by atoms with E-state index in [1.807, 2.05) is 30.3 Å². The van der Waals surface area contributed by atoms with Crippen molar-refractivity contribution in [1.29, 1.82) is 0 Å². The molecular weight excluding hydrogens is 430 g/mol. The molecule has 0 aliphatic heterocycles. The zero-order chi connectivity index (χ0) is 23.5. The van der Waals surface area contributed by atoms with Crippen molar-refractivity contribution in [2.45, 2.75) is 91.0 Å². The first kappa shape index (κ1) is 29.5. The van der Waals surface area contributed by atoms with Gasteiger partial charge < -0.3 is 17.1 Å². The highest BCUT2D eigenvalue weighted by Gasteiger charge is 2.48. The number of aryl methyl sites for hydroxylation is 1. The van der Waals surface area contributed by atoms with Gasteiger partial charge in [0.1, 0.15) is 18.1 Å². The van der Waals surface area contributed by atoms with E-state index in [4.69, 9.17) is 9.57 Å². The monoisotopic (exact) mass is 475 g/mol. The molecule has 0 aliphatic carbocycles. The van der Waals surface area contributed by atoms with Gasteiger partial charge in [-0.25, -0.2) is 4.84 Å². The Morgan fingerprint density at radius 1 is 0.758 bits per heavy atom. The standard InChI is InChI=1S/C29H46NO2.ClH/c1-7-11-12-13-14-16-20-25-21-19-24-27(28(25)32-26-22-17-15-18-23-26)29(8-2,9-3)30(5,6)31-10-4;/h15,17-19,21-24H,7-14,16,20H2,1-6H3;1H/q+1;/p-1. The average Bonchev–Trinajstić information content (AvgIpc) is 2.79. The quantitative estimate of drug-likeness (QED) is 0.194. The normalized spacial score (nSPS) is 11.8. The van der Waals surface area contributed by atoms with Crippen LogP contribution >= 0.6 is 0 Å². The number of nitrogens with zero attached hydrogens (tertiary/aromatic N) is 1. The molecule has 4 heteroatoms. The smallest absolute Gasteiger partial charge is 0.157 e. The van der Waals surface area contributed by atoms with Gasteiger partial charge in [-0.1, -0.05) is 83.2 Å². The molecule has 0 heterocycles. The minimum absolute atomic E-state index is 0. The predicted molar refractivity (Wildman–Crippen MR) is 136 cm³/mol. The topological polar surface area (TPSA) is 18.5 Å². The number of halogens is 1. The minimum Gasteiger partial charge on any atom is -1.00 e. The maximum Gasteiger partial charge on any atom is 0.157 e. The Morgan fingerprint density at radius 3 is 2.00 bits per heavy atom. The molecule has 0 bridgehead atoms. The second-order valence-corrected chi connectivity index (χ2v) is 9.23. The summed E-state index contributed by atoms with van der Waals surface area (Å²) < 4.78 is 7.14. The Bertz CT molecular complexity index is 787. The van der Waals surface area contributed by atoms with Crippen molar-refractivity contribution in [2.75, 3.05) is 20.7 Å². The van der Waals surface area contributed by atoms with Crippen LogP contribution in [0.1, 0.15) is 90.2 Å². The van der Waals surface area contributed by atoms with Gasteiger partial charge in [0.2, 0.25) is 0 Å². The number of para-hydroxylation sites is 2. The first-order valence-electron chi connectivity index (χ1n) is 12.8. The van der Waals surface area contributed by atoms with Crippen LogP contribution in [0, 0.1) is 0 Å². The summed E-state index contributed by atoms with van der Waals surface area (Å²) >= 11 is 0. The fourth-order valence-electron chi connectivity index (χ4n) is 5.10. The van der Waals surface area contributed by atoms with Crippen molar-refractivity contribution < 1.29 is 26.6 Å². The molecule has 186 valence electrons. The number of hydrogen-bond donors (Lipinski definition) is 0. The molecule has 0 unspecified atom stereocenters. The van der Waals surface area contributed by atoms with Crippen LogP contribution in [0.25, 0.3) is 0 Å². The maximum absolute atomic E-state index is 6.65. The molecule has 0 spiro atoms. The molecule has 0 radical (unpaired) electrons. The lowest BCUT2D eigenvalue weighted by atomic mass is 9.81. The molecule has 0 saturated heterocycles. The molecular formula is C29H46ClNO2. The van der Waals surface area contributed by atoms with Gasteiger partial charge in [-0.3, -0.25) is 0 Å². The van der Waals surface area contributed by atoms with Crippen LogP contribution in [0.2, 0.25) is 0 Å². The molecule has 0 N–H and O–H groups in total. The highest BCUT2D eigenvalue weighted by Crippen LogP contribution is 2.46. The maximum atomic E-state index is 6.65. The lowest BCUT2D eigenvalue weighted by Gasteiger charge is -2.46. The number of benzene rings is 2. The Balaban J connectivity index is 0.00000544. The number of hydrogen-bond acceptors (Lipinski definition) is 2. The summed E-state index contributed by atoms with van der Waals surface area (Å²) in [5, 5.41) is 0. The molecule has 0 aromatic heterocycles. The Kier molecular flexibility index (Phi) is 13.1. The summed E-state index contributed by atoms with van der Waals surface area (Å²) in [6.07, 6.45) is 10.8. The fourth-order valence-corrected chi connectivity index (χ4v) is 5.10. The number of quaternary nitrogens is 1. The molecule has 0 atom stereocenters. The van der Waals surface area contributed by atoms with Crippen LogP contribution in [0.3, 0.4) is 0 Å². The molecule has 2 rings (SSSR count). The van der Waals surface area contributed by atoms with E-state index in [9.17, 15) is 0 Å². The summed E-state index contributed by atoms with van der Waals surface area (Å²) in [6, 6.07) is 16.9. The van der Waals surface area contributed by atoms with Gasteiger partial charge in [0.05, 0.1) is 19.7 Å². The van der Waals surface area contributed by atoms with Crippen molar-refractivity contribution >= 4 is 0 Å². The van der Waals surface area contributed by atoms with Crippen LogP contribution in [-0.2, 0) is 16.8 Å². The minimum atomic E-state index is -0.183. The van der Waals surface area contributed by atoms with Crippen LogP contribution < -0.4 is 17.1 Å². The third-order valence-electron chi connectivity index (χ3n) is 7.01. The highest BCUT2D eigenvalue weighted by molar-refractivity contribution is 5.47. The van der Waals surface area contributed by atoms with E-state index in [-0.39, 0.29) is 17.9 Å². The third-order valence-corrected chi connectivity index (χ3v) is 7.01. The number of ether oxygens (including phenoxy) is 1. The van der Waals surface area contributed by atoms with Gasteiger partial charge >= 0.3 is 0 Å². The summed E-state index contributed by atoms with van der Waals surface area (Å²) in [7, 11) is 4.37. The van der Waals surface area contributed by atoms with Gasteiger partial charge in [0.25, 0.3) is 0 Å². The molecule has 3 nitrogen and oxygen atoms in total. The van der Waals surface area contributed by atoms with Crippen molar-refractivity contribution in [3.63, 3.8) is 0 Å². The molecule has 0 saturated carbocycles. The molecule has 2 aromatic carbocycles. The van der Waals surface area contributed by atoms with Crippen molar-refractivity contribution in [3.05, 3.63) is 59.7 Å². The molecule has 33 heavy (non-hydrogen) atoms. The van der Waals surface area contributed by atoms with E-state index in [1.54, 1.807) is 0 Å². The summed E-state index contributed by atoms with van der Waals surface area (Å²) in [5.74, 6) is 1.92. The zero-order valence-corrected chi connectivity index (χ0v) is 22.6. The molecule has 0 aliphatic rings. The van der Waals surface area contributed by atoms with E-state index in [0.717, 1.165) is 30.8 Å². The van der Waals surface area contributed by atoms with Gasteiger partial charge in [-0.2, -0.15) is 4.65 Å². The van der Waals surface area contributed by atoms with Crippen molar-refractivity contribution in [3.8, 4) is 11.5 Å². The van der Waals surface area contributed by atoms with Crippen molar-refractivity contribution in [2.24, 2.45) is 0 Å². The average molecular weight is 476 g/mol. The molecule has 0 fully saturated rings. The Hall–Kier alpha value is -1.55. The van der Waals surface area contributed by atoms with E-state index >= 15 is 0 Å². The first-order chi connectivity index (χ1) is 15.5. The summed E-state index contributed by atoms with van der Waals surface area (Å²) in [6.45, 7) is 9.58. The largest absolute Gasteiger partial charge is 1.00 e. The second kappa shape index (κ2) is 14.7. The van der Waals surface area contributed by atoms with E-state index in [1.165, 1.54) is 49.7 Å². The van der Waals surface area contributed by atoms with E-state index in [2.05, 4.69) is 60.0 Å². The Labute approximate surface area is 209 Å². The van der Waals surface area contributed by atoms with E-state index < -0.39 is 0 Å². The number of hydroxylamine groups is 3. The predicted octanol–water partition coefficient (Wildman–Crippen LogP) is 5.43. The highest BCUT2D eigenvalue weighted by atomic mass is 35.5. The van der Waals surface area contributed by atoms with Crippen molar-refractivity contribution in [1.82, 2.24) is 0 Å². The van der Waals surface area contributed by atoms with Gasteiger partial charge in [0.15, 0.2) is 5.54 Å². The van der Waals surface area contributed by atoms with Crippen LogP contribution in [0.15, 0.2) is 48.5 Å². The zero-order valence-electron chi connectivity index (χ0n) is 21.8. The fraction of sp³-hybridized carbons (Fsp3) is 0.586. The van der Waals surface area contributed by atoms with E-state index in [0.29, 0.717) is 11.3 Å². The summed E-state index contributed by atoms with van der Waals surface area (Å²) in [4.78, 5) is 6.29. The van der Waals surface area contributed by atoms with Crippen LogP contribution in [0.5, 0.6) is 11.5 Å². The first-order valence-corrected chi connectivity index (χ1v) is 12.8. The SMILES string of the molecule is CCCCCCCCc1cccc(C(CC)(CC)[N+](C)(C)OCC)c1Oc1ccccc1.[Cl-]. The number of unbranched alkanes of at least 4 members (excludes halogenated alkanes) is 5. The number of rotatable bonds is 15. The van der Waals surface area contributed by atoms with Gasteiger partial charge in [-0.05, 0) is 43.5 Å². The van der Waals surface area contributed by atoms with Gasteiger partial charge in [0, 0.05) is 12.8 Å². The lowest BCUT2D eigenvalue weighted by Crippen LogP contribution is -3.00. The molecule has 2 aromatic rings. The summed E-state index contributed by atoms with van der Waals surface area (Å²) in [5.41, 5.74) is 2.38.